The van der Waals surface area contributed by atoms with E-state index in [2.05, 4.69) is 10.0 Å². The van der Waals surface area contributed by atoms with Gasteiger partial charge in [-0.25, -0.2) is 13.1 Å². The van der Waals surface area contributed by atoms with Crippen molar-refractivity contribution in [3.8, 4) is 0 Å². The molecule has 3 aromatic rings. The van der Waals surface area contributed by atoms with Crippen molar-refractivity contribution in [1.82, 2.24) is 9.62 Å². The van der Waals surface area contributed by atoms with Gasteiger partial charge in [0.1, 0.15) is 5.76 Å². The molecule has 0 saturated heterocycles. The molecule has 3 rings (SSSR count). The Balaban J connectivity index is 1.58. The molecule has 0 saturated carbocycles. The fourth-order valence-corrected chi connectivity index (χ4v) is 4.40. The van der Waals surface area contributed by atoms with Gasteiger partial charge in [0.2, 0.25) is 15.9 Å². The number of furan rings is 1. The average molecular weight is 420 g/mol. The molecule has 0 atom stereocenters. The van der Waals surface area contributed by atoms with Crippen LogP contribution in [0.2, 0.25) is 0 Å². The van der Waals surface area contributed by atoms with E-state index in [4.69, 9.17) is 4.42 Å². The van der Waals surface area contributed by atoms with Crippen LogP contribution in [0.15, 0.2) is 69.5 Å². The first-order valence-electron chi connectivity index (χ1n) is 8.55. The van der Waals surface area contributed by atoms with Crippen molar-refractivity contribution in [2.24, 2.45) is 0 Å². The summed E-state index contributed by atoms with van der Waals surface area (Å²) in [6.07, 6.45) is 1.48. The lowest BCUT2D eigenvalue weighted by Gasteiger charge is -2.15. The van der Waals surface area contributed by atoms with Crippen molar-refractivity contribution in [2.75, 3.05) is 18.9 Å². The van der Waals surface area contributed by atoms with Crippen LogP contribution in [0.4, 0.5) is 5.69 Å². The molecule has 2 N–H and O–H groups in total. The molecule has 0 aliphatic carbocycles. The molecule has 9 heteroatoms. The number of hydrogen-bond acceptors (Lipinski definition) is 6. The van der Waals surface area contributed by atoms with Gasteiger partial charge in [0.15, 0.2) is 0 Å². The highest BCUT2D eigenvalue weighted by atomic mass is 32.2. The monoisotopic (exact) mass is 419 g/mol. The van der Waals surface area contributed by atoms with E-state index in [0.717, 1.165) is 0 Å². The molecule has 0 aliphatic heterocycles. The topological polar surface area (TPSA) is 91.7 Å². The maximum absolute atomic E-state index is 12.4. The number of sulfonamides is 1. The molecule has 0 spiro atoms. The zero-order chi connectivity index (χ0) is 20.0. The summed E-state index contributed by atoms with van der Waals surface area (Å²) in [4.78, 5) is 15.4. The molecule has 0 unspecified atom stereocenters. The van der Waals surface area contributed by atoms with Gasteiger partial charge in [-0.05, 0) is 48.8 Å². The number of hydrogen-bond donors (Lipinski definition) is 2. The summed E-state index contributed by atoms with van der Waals surface area (Å²) in [6.45, 7) is 0.932. The first-order valence-corrected chi connectivity index (χ1v) is 10.9. The van der Waals surface area contributed by atoms with Crippen molar-refractivity contribution < 1.29 is 17.6 Å². The number of benzene rings is 1. The summed E-state index contributed by atoms with van der Waals surface area (Å²) in [7, 11) is -1.86. The van der Waals surface area contributed by atoms with E-state index in [9.17, 15) is 13.2 Å². The number of carbonyl (C=O) groups excluding carboxylic acids is 1. The Hall–Kier alpha value is -2.46. The third kappa shape index (κ3) is 5.77. The van der Waals surface area contributed by atoms with Crippen LogP contribution in [0.3, 0.4) is 0 Å². The number of nitrogens with one attached hydrogen (secondary N) is 2. The molecule has 1 aromatic carbocycles. The lowest BCUT2D eigenvalue weighted by molar-refractivity contribution is -0.117. The third-order valence-corrected chi connectivity index (χ3v) is 6.12. The fraction of sp³-hybridized carbons (Fsp3) is 0.211. The maximum Gasteiger partial charge on any atom is 0.241 e. The van der Waals surface area contributed by atoms with Gasteiger partial charge in [0, 0.05) is 17.1 Å². The summed E-state index contributed by atoms with van der Waals surface area (Å²) in [5.74, 6) is 0.305. The maximum atomic E-state index is 12.4. The summed E-state index contributed by atoms with van der Waals surface area (Å²) < 4.78 is 32.5. The van der Waals surface area contributed by atoms with Crippen LogP contribution in [0.1, 0.15) is 10.6 Å². The van der Waals surface area contributed by atoms with E-state index in [-0.39, 0.29) is 23.9 Å². The highest BCUT2D eigenvalue weighted by molar-refractivity contribution is 7.89. The Morgan fingerprint density at radius 3 is 2.75 bits per heavy atom. The lowest BCUT2D eigenvalue weighted by Crippen LogP contribution is -2.29. The van der Waals surface area contributed by atoms with Crippen LogP contribution in [-0.2, 0) is 27.9 Å². The minimum Gasteiger partial charge on any atom is -0.468 e. The number of anilines is 1. The van der Waals surface area contributed by atoms with Crippen molar-refractivity contribution in [3.63, 3.8) is 0 Å². The number of amides is 1. The van der Waals surface area contributed by atoms with Crippen LogP contribution >= 0.6 is 11.3 Å². The zero-order valence-electron chi connectivity index (χ0n) is 15.3. The Morgan fingerprint density at radius 2 is 2.04 bits per heavy atom. The molecular formula is C19H21N3O4S2. The zero-order valence-corrected chi connectivity index (χ0v) is 16.9. The van der Waals surface area contributed by atoms with Crippen LogP contribution < -0.4 is 10.0 Å². The van der Waals surface area contributed by atoms with E-state index in [1.807, 2.05) is 29.5 Å². The second kappa shape index (κ2) is 9.16. The molecule has 0 radical (unpaired) electrons. The minimum absolute atomic E-state index is 0.0550. The number of thiophene rings is 1. The second-order valence-electron chi connectivity index (χ2n) is 6.23. The standard InChI is InChI=1S/C19H21N3O4S2/c1-22(13-17-7-4-10-27-17)14-19(23)21-15-5-2-8-18(11-15)28(24,25)20-12-16-6-3-9-26-16/h2-11,20H,12-14H2,1H3,(H,21,23). The van der Waals surface area contributed by atoms with E-state index >= 15 is 0 Å². The number of likely N-dealkylation sites (N-methyl/N-ethyl adjacent to an activating group) is 1. The Bertz CT molecular complexity index is 1000. The molecular weight excluding hydrogens is 398 g/mol. The van der Waals surface area contributed by atoms with Gasteiger partial charge in [0.25, 0.3) is 0 Å². The quantitative estimate of drug-likeness (QED) is 0.556. The first-order chi connectivity index (χ1) is 13.4. The smallest absolute Gasteiger partial charge is 0.241 e. The average Bonchev–Trinajstić information content (AvgIpc) is 3.34. The Kier molecular flexibility index (Phi) is 6.63. The summed E-state index contributed by atoms with van der Waals surface area (Å²) in [5.41, 5.74) is 0.426. The summed E-state index contributed by atoms with van der Waals surface area (Å²) in [5, 5.41) is 4.74. The summed E-state index contributed by atoms with van der Waals surface area (Å²) in [6, 6.07) is 13.5. The van der Waals surface area contributed by atoms with Gasteiger partial charge in [0.05, 0.1) is 24.2 Å². The van der Waals surface area contributed by atoms with Gasteiger partial charge in [-0.15, -0.1) is 11.3 Å². The van der Waals surface area contributed by atoms with E-state index in [1.54, 1.807) is 35.6 Å². The fourth-order valence-electron chi connectivity index (χ4n) is 2.57. The van der Waals surface area contributed by atoms with Crippen molar-refractivity contribution in [3.05, 3.63) is 70.8 Å². The van der Waals surface area contributed by atoms with Crippen molar-refractivity contribution >= 4 is 33.0 Å². The largest absolute Gasteiger partial charge is 0.468 e. The van der Waals surface area contributed by atoms with Gasteiger partial charge in [-0.3, -0.25) is 9.69 Å². The summed E-state index contributed by atoms with van der Waals surface area (Å²) >= 11 is 1.64. The third-order valence-electron chi connectivity index (χ3n) is 3.86. The first kappa shape index (κ1) is 20.3. The van der Waals surface area contributed by atoms with E-state index in [1.165, 1.54) is 23.3 Å². The van der Waals surface area contributed by atoms with Gasteiger partial charge < -0.3 is 9.73 Å². The molecule has 2 aromatic heterocycles. The molecule has 0 aliphatic rings. The number of carbonyl (C=O) groups is 1. The van der Waals surface area contributed by atoms with Crippen LogP contribution in [0.25, 0.3) is 0 Å². The Morgan fingerprint density at radius 1 is 1.18 bits per heavy atom. The predicted molar refractivity (Wildman–Crippen MR) is 108 cm³/mol. The van der Waals surface area contributed by atoms with Crippen molar-refractivity contribution in [2.45, 2.75) is 18.0 Å². The predicted octanol–water partition coefficient (Wildman–Crippen LogP) is 2.89. The molecule has 7 nitrogen and oxygen atoms in total. The normalized spacial score (nSPS) is 11.6. The molecule has 148 valence electrons. The SMILES string of the molecule is CN(CC(=O)Nc1cccc(S(=O)(=O)NCc2ccco2)c1)Cc1cccs1. The minimum atomic E-state index is -3.72. The lowest BCUT2D eigenvalue weighted by atomic mass is 10.3. The number of nitrogens with zero attached hydrogens (tertiary/aromatic N) is 1. The molecule has 28 heavy (non-hydrogen) atoms. The molecule has 2 heterocycles. The number of rotatable bonds is 9. The van der Waals surface area contributed by atoms with Gasteiger partial charge >= 0.3 is 0 Å². The molecule has 0 bridgehead atoms. The van der Waals surface area contributed by atoms with Crippen LogP contribution in [0, 0.1) is 0 Å². The van der Waals surface area contributed by atoms with Crippen molar-refractivity contribution in [1.29, 1.82) is 0 Å². The Labute approximate surface area is 168 Å². The highest BCUT2D eigenvalue weighted by Crippen LogP contribution is 2.16. The van der Waals surface area contributed by atoms with Crippen LogP contribution in [0.5, 0.6) is 0 Å². The van der Waals surface area contributed by atoms with E-state index < -0.39 is 10.0 Å². The molecule has 1 amide bonds. The highest BCUT2D eigenvalue weighted by Gasteiger charge is 2.16. The van der Waals surface area contributed by atoms with Gasteiger partial charge in [-0.2, -0.15) is 0 Å². The van der Waals surface area contributed by atoms with E-state index in [0.29, 0.717) is 18.0 Å². The second-order valence-corrected chi connectivity index (χ2v) is 9.03. The van der Waals surface area contributed by atoms with Crippen LogP contribution in [-0.4, -0.2) is 32.8 Å². The van der Waals surface area contributed by atoms with Gasteiger partial charge in [-0.1, -0.05) is 12.1 Å². The molecule has 0 fully saturated rings.